The third-order valence-corrected chi connectivity index (χ3v) is 3.61. The Labute approximate surface area is 110 Å². The van der Waals surface area contributed by atoms with Gasteiger partial charge >= 0.3 is 0 Å². The molecule has 2 rings (SSSR count). The molecule has 2 heteroatoms. The van der Waals surface area contributed by atoms with Gasteiger partial charge in [-0.05, 0) is 36.3 Å². The average Bonchev–Trinajstić information content (AvgIpc) is 2.83. The van der Waals surface area contributed by atoms with Crippen molar-refractivity contribution in [2.75, 3.05) is 19.8 Å². The molecule has 1 aromatic rings. The summed E-state index contributed by atoms with van der Waals surface area (Å²) in [5, 5.41) is 0. The number of allylic oxidation sites excluding steroid dienone is 1. The molecule has 0 amide bonds. The topological polar surface area (TPSA) is 18.5 Å². The number of benzene rings is 1. The van der Waals surface area contributed by atoms with Crippen LogP contribution in [0.3, 0.4) is 0 Å². The largest absolute Gasteiger partial charge is 0.501 e. The van der Waals surface area contributed by atoms with E-state index in [-0.39, 0.29) is 0 Å². The van der Waals surface area contributed by atoms with Crippen molar-refractivity contribution >= 4 is 5.57 Å². The van der Waals surface area contributed by atoms with Crippen LogP contribution in [-0.4, -0.2) is 19.8 Å². The van der Waals surface area contributed by atoms with Crippen molar-refractivity contribution in [3.8, 4) is 0 Å². The van der Waals surface area contributed by atoms with Gasteiger partial charge in [0.2, 0.25) is 0 Å². The molecule has 0 bridgehead atoms. The summed E-state index contributed by atoms with van der Waals surface area (Å²) >= 11 is 0. The summed E-state index contributed by atoms with van der Waals surface area (Å²) in [6.45, 7) is 6.89. The molecule has 18 heavy (non-hydrogen) atoms. The highest BCUT2D eigenvalue weighted by atomic mass is 16.5. The van der Waals surface area contributed by atoms with Crippen molar-refractivity contribution in [2.24, 2.45) is 5.41 Å². The summed E-state index contributed by atoms with van der Waals surface area (Å²) in [6.07, 6.45) is 4.08. The third-order valence-electron chi connectivity index (χ3n) is 3.61. The fraction of sp³-hybridized carbons (Fsp3) is 0.500. The molecule has 0 spiro atoms. The van der Waals surface area contributed by atoms with Crippen molar-refractivity contribution in [3.05, 3.63) is 42.2 Å². The normalized spacial score (nSPS) is 24.2. The summed E-state index contributed by atoms with van der Waals surface area (Å²) in [5.41, 5.74) is 2.70. The van der Waals surface area contributed by atoms with Gasteiger partial charge in [0.15, 0.2) is 0 Å². The maximum Gasteiger partial charge on any atom is 0.0879 e. The second kappa shape index (κ2) is 6.05. The summed E-state index contributed by atoms with van der Waals surface area (Å²) < 4.78 is 11.1. The lowest BCUT2D eigenvalue weighted by Gasteiger charge is -2.20. The summed E-state index contributed by atoms with van der Waals surface area (Å²) in [6, 6.07) is 10.3. The molecule has 1 atom stereocenters. The van der Waals surface area contributed by atoms with Gasteiger partial charge < -0.3 is 9.47 Å². The first-order valence-electron chi connectivity index (χ1n) is 6.61. The highest BCUT2D eigenvalue weighted by molar-refractivity contribution is 5.62. The Morgan fingerprint density at radius 2 is 2.17 bits per heavy atom. The monoisotopic (exact) mass is 246 g/mol. The van der Waals surface area contributed by atoms with Crippen LogP contribution in [0.4, 0.5) is 0 Å². The van der Waals surface area contributed by atoms with Gasteiger partial charge in [0.1, 0.15) is 0 Å². The molecule has 2 nitrogen and oxygen atoms in total. The number of rotatable bonds is 5. The van der Waals surface area contributed by atoms with E-state index in [1.165, 1.54) is 11.1 Å². The van der Waals surface area contributed by atoms with Crippen LogP contribution in [0.25, 0.3) is 5.57 Å². The molecular formula is C16H22O2. The zero-order valence-electron chi connectivity index (χ0n) is 11.3. The predicted octanol–water partition coefficient (Wildman–Crippen LogP) is 3.88. The Hall–Kier alpha value is -1.28. The molecule has 1 heterocycles. The van der Waals surface area contributed by atoms with Gasteiger partial charge in [0, 0.05) is 6.61 Å². The van der Waals surface area contributed by atoms with Crippen LogP contribution < -0.4 is 0 Å². The summed E-state index contributed by atoms with van der Waals surface area (Å²) in [7, 11) is 0. The minimum Gasteiger partial charge on any atom is -0.501 e. The van der Waals surface area contributed by atoms with Crippen molar-refractivity contribution < 1.29 is 9.47 Å². The van der Waals surface area contributed by atoms with Crippen LogP contribution in [0.15, 0.2) is 36.6 Å². The fourth-order valence-corrected chi connectivity index (χ4v) is 2.16. The van der Waals surface area contributed by atoms with Crippen LogP contribution in [0.5, 0.6) is 0 Å². The zero-order chi connectivity index (χ0) is 12.8. The summed E-state index contributed by atoms with van der Waals surface area (Å²) in [5.74, 6) is 0. The Morgan fingerprint density at radius 3 is 2.83 bits per heavy atom. The lowest BCUT2D eigenvalue weighted by atomic mass is 9.87. The predicted molar refractivity (Wildman–Crippen MR) is 74.2 cm³/mol. The van der Waals surface area contributed by atoms with Crippen molar-refractivity contribution in [1.29, 1.82) is 0 Å². The minimum absolute atomic E-state index is 0.314. The first-order chi connectivity index (χ1) is 8.70. The molecule has 1 unspecified atom stereocenters. The van der Waals surface area contributed by atoms with E-state index < -0.39 is 0 Å². The van der Waals surface area contributed by atoms with Gasteiger partial charge in [-0.15, -0.1) is 0 Å². The van der Waals surface area contributed by atoms with Crippen molar-refractivity contribution in [1.82, 2.24) is 0 Å². The van der Waals surface area contributed by atoms with E-state index in [1.807, 2.05) is 24.5 Å². The molecule has 1 saturated heterocycles. The van der Waals surface area contributed by atoms with E-state index in [0.29, 0.717) is 5.41 Å². The maximum atomic E-state index is 5.66. The van der Waals surface area contributed by atoms with Gasteiger partial charge in [-0.1, -0.05) is 37.3 Å². The number of hydrogen-bond acceptors (Lipinski definition) is 2. The molecule has 1 aromatic carbocycles. The van der Waals surface area contributed by atoms with Crippen LogP contribution in [0.2, 0.25) is 0 Å². The Bertz CT molecular complexity index is 389. The van der Waals surface area contributed by atoms with E-state index in [4.69, 9.17) is 9.47 Å². The van der Waals surface area contributed by atoms with Crippen LogP contribution in [-0.2, 0) is 9.47 Å². The quantitative estimate of drug-likeness (QED) is 0.580. The van der Waals surface area contributed by atoms with Crippen LogP contribution in [0, 0.1) is 5.41 Å². The average molecular weight is 246 g/mol. The smallest absolute Gasteiger partial charge is 0.0879 e. The SMILES string of the molecule is C/C(=C/OCCC1(C)CCOC1)c1ccccc1. The summed E-state index contributed by atoms with van der Waals surface area (Å²) in [4.78, 5) is 0. The Morgan fingerprint density at radius 1 is 1.39 bits per heavy atom. The Kier molecular flexibility index (Phi) is 4.43. The first-order valence-corrected chi connectivity index (χ1v) is 6.61. The highest BCUT2D eigenvalue weighted by Crippen LogP contribution is 2.31. The maximum absolute atomic E-state index is 5.66. The molecule has 0 aliphatic carbocycles. The van der Waals surface area contributed by atoms with Crippen LogP contribution in [0.1, 0.15) is 32.3 Å². The molecular weight excluding hydrogens is 224 g/mol. The molecule has 98 valence electrons. The second-order valence-corrected chi connectivity index (χ2v) is 5.40. The highest BCUT2D eigenvalue weighted by Gasteiger charge is 2.29. The zero-order valence-corrected chi connectivity index (χ0v) is 11.3. The van der Waals surface area contributed by atoms with Crippen LogP contribution >= 0.6 is 0 Å². The molecule has 0 radical (unpaired) electrons. The van der Waals surface area contributed by atoms with E-state index in [2.05, 4.69) is 26.0 Å². The van der Waals surface area contributed by atoms with E-state index in [1.54, 1.807) is 0 Å². The van der Waals surface area contributed by atoms with E-state index >= 15 is 0 Å². The van der Waals surface area contributed by atoms with Crippen molar-refractivity contribution in [2.45, 2.75) is 26.7 Å². The lowest BCUT2D eigenvalue weighted by Crippen LogP contribution is -2.18. The van der Waals surface area contributed by atoms with E-state index in [0.717, 1.165) is 32.7 Å². The third kappa shape index (κ3) is 3.61. The standard InChI is InChI=1S/C16H22O2/c1-14(15-6-4-3-5-7-15)12-17-10-8-16(2)9-11-18-13-16/h3-7,12H,8-11,13H2,1-2H3/b14-12-. The number of ether oxygens (including phenoxy) is 2. The van der Waals surface area contributed by atoms with Gasteiger partial charge in [-0.3, -0.25) is 0 Å². The van der Waals surface area contributed by atoms with Gasteiger partial charge in [-0.25, -0.2) is 0 Å². The molecule has 0 saturated carbocycles. The number of hydrogen-bond donors (Lipinski definition) is 0. The molecule has 0 aromatic heterocycles. The second-order valence-electron chi connectivity index (χ2n) is 5.40. The van der Waals surface area contributed by atoms with E-state index in [9.17, 15) is 0 Å². The Balaban J connectivity index is 1.77. The molecule has 1 aliphatic rings. The first kappa shape index (κ1) is 13.2. The lowest BCUT2D eigenvalue weighted by molar-refractivity contribution is 0.131. The molecule has 0 N–H and O–H groups in total. The fourth-order valence-electron chi connectivity index (χ4n) is 2.16. The van der Waals surface area contributed by atoms with Gasteiger partial charge in [0.05, 0.1) is 19.5 Å². The van der Waals surface area contributed by atoms with Gasteiger partial charge in [-0.2, -0.15) is 0 Å². The minimum atomic E-state index is 0.314. The van der Waals surface area contributed by atoms with Crippen molar-refractivity contribution in [3.63, 3.8) is 0 Å². The molecule has 1 fully saturated rings. The van der Waals surface area contributed by atoms with Gasteiger partial charge in [0.25, 0.3) is 0 Å². The molecule has 1 aliphatic heterocycles.